The Morgan fingerprint density at radius 3 is 2.60 bits per heavy atom. The Morgan fingerprint density at radius 2 is 2.00 bits per heavy atom. The van der Waals surface area contributed by atoms with Crippen LogP contribution in [0.25, 0.3) is 0 Å². The van der Waals surface area contributed by atoms with Crippen molar-refractivity contribution < 1.29 is 14.3 Å². The fourth-order valence-corrected chi connectivity index (χ4v) is 2.57. The molecule has 0 spiro atoms. The standard InChI is InChI=1S/C19H30N2O3.ClH/c1-13-5-6-15(21-18(22)17(20)19(2,3)4)11-16(13)24-12-14-7-9-23-10-8-14;/h5-6,11,14,17H,7-10,12,20H2,1-4H3,(H,21,22);1H/t17-;/m1./s1. The number of carbonyl (C=O) groups excluding carboxylic acids is 1. The van der Waals surface area contributed by atoms with Crippen LogP contribution in [0.2, 0.25) is 0 Å². The zero-order valence-electron chi connectivity index (χ0n) is 15.6. The summed E-state index contributed by atoms with van der Waals surface area (Å²) >= 11 is 0. The first kappa shape index (κ1) is 21.7. The van der Waals surface area contributed by atoms with E-state index in [1.165, 1.54) is 0 Å². The van der Waals surface area contributed by atoms with Crippen molar-refractivity contribution in [2.75, 3.05) is 25.1 Å². The second kappa shape index (κ2) is 9.41. The Balaban J connectivity index is 0.00000312. The number of hydrogen-bond donors (Lipinski definition) is 2. The van der Waals surface area contributed by atoms with Gasteiger partial charge in [0.05, 0.1) is 12.6 Å². The third-order valence-corrected chi connectivity index (χ3v) is 4.49. The van der Waals surface area contributed by atoms with Crippen LogP contribution in [-0.2, 0) is 9.53 Å². The molecule has 1 aromatic carbocycles. The summed E-state index contributed by atoms with van der Waals surface area (Å²) in [5.74, 6) is 1.16. The second-order valence-corrected chi connectivity index (χ2v) is 7.68. The van der Waals surface area contributed by atoms with Gasteiger partial charge < -0.3 is 20.5 Å². The summed E-state index contributed by atoms with van der Waals surface area (Å²) in [6.07, 6.45) is 2.08. The summed E-state index contributed by atoms with van der Waals surface area (Å²) in [5.41, 5.74) is 7.50. The maximum absolute atomic E-state index is 12.3. The molecule has 0 aliphatic carbocycles. The average Bonchev–Trinajstić information content (AvgIpc) is 2.54. The number of anilines is 1. The zero-order chi connectivity index (χ0) is 17.7. The van der Waals surface area contributed by atoms with Gasteiger partial charge in [-0.3, -0.25) is 4.79 Å². The Morgan fingerprint density at radius 1 is 1.36 bits per heavy atom. The smallest absolute Gasteiger partial charge is 0.241 e. The van der Waals surface area contributed by atoms with Gasteiger partial charge in [0, 0.05) is 25.0 Å². The molecule has 5 nitrogen and oxygen atoms in total. The van der Waals surface area contributed by atoms with Gasteiger partial charge in [-0.2, -0.15) is 0 Å². The van der Waals surface area contributed by atoms with Crippen LogP contribution in [-0.4, -0.2) is 31.8 Å². The van der Waals surface area contributed by atoms with E-state index in [2.05, 4.69) is 5.32 Å². The molecule has 0 aromatic heterocycles. The number of nitrogens with two attached hydrogens (primary N) is 1. The maximum atomic E-state index is 12.3. The lowest BCUT2D eigenvalue weighted by Gasteiger charge is -2.26. The molecule has 1 atom stereocenters. The van der Waals surface area contributed by atoms with Gasteiger partial charge in [0.2, 0.25) is 5.91 Å². The van der Waals surface area contributed by atoms with Crippen molar-refractivity contribution >= 4 is 24.0 Å². The third kappa shape index (κ3) is 6.49. The van der Waals surface area contributed by atoms with Crippen molar-refractivity contribution in [3.63, 3.8) is 0 Å². The number of nitrogens with one attached hydrogen (secondary N) is 1. The molecule has 1 saturated heterocycles. The van der Waals surface area contributed by atoms with Crippen molar-refractivity contribution in [2.24, 2.45) is 17.1 Å². The van der Waals surface area contributed by atoms with Crippen LogP contribution >= 0.6 is 12.4 Å². The van der Waals surface area contributed by atoms with E-state index in [0.29, 0.717) is 18.2 Å². The van der Waals surface area contributed by atoms with E-state index < -0.39 is 6.04 Å². The average molecular weight is 371 g/mol. The first-order chi connectivity index (χ1) is 11.3. The van der Waals surface area contributed by atoms with E-state index in [1.54, 1.807) is 0 Å². The topological polar surface area (TPSA) is 73.6 Å². The predicted octanol–water partition coefficient (Wildman–Crippen LogP) is 3.53. The number of benzene rings is 1. The van der Waals surface area contributed by atoms with E-state index in [-0.39, 0.29) is 23.7 Å². The summed E-state index contributed by atoms with van der Waals surface area (Å²) in [7, 11) is 0. The highest BCUT2D eigenvalue weighted by Crippen LogP contribution is 2.26. The van der Waals surface area contributed by atoms with Gasteiger partial charge in [-0.25, -0.2) is 0 Å². The van der Waals surface area contributed by atoms with Crippen molar-refractivity contribution in [1.29, 1.82) is 0 Å². The number of ether oxygens (including phenoxy) is 2. The van der Waals surface area contributed by atoms with Gasteiger partial charge in [-0.15, -0.1) is 12.4 Å². The lowest BCUT2D eigenvalue weighted by atomic mass is 9.87. The molecule has 1 fully saturated rings. The summed E-state index contributed by atoms with van der Waals surface area (Å²) < 4.78 is 11.4. The number of hydrogen-bond acceptors (Lipinski definition) is 4. The molecule has 2 rings (SSSR count). The van der Waals surface area contributed by atoms with Crippen LogP contribution in [0, 0.1) is 18.3 Å². The minimum absolute atomic E-state index is 0. The highest BCUT2D eigenvalue weighted by molar-refractivity contribution is 5.95. The normalized spacial score (nSPS) is 16.7. The molecule has 25 heavy (non-hydrogen) atoms. The van der Waals surface area contributed by atoms with Crippen molar-refractivity contribution in [2.45, 2.75) is 46.6 Å². The zero-order valence-corrected chi connectivity index (χ0v) is 16.4. The SMILES string of the molecule is Cc1ccc(NC(=O)[C@@H](N)C(C)(C)C)cc1OCC1CCOCC1.Cl. The van der Waals surface area contributed by atoms with Crippen molar-refractivity contribution in [1.82, 2.24) is 0 Å². The minimum Gasteiger partial charge on any atom is -0.493 e. The first-order valence-corrected chi connectivity index (χ1v) is 8.65. The van der Waals surface area contributed by atoms with Crippen LogP contribution in [0.15, 0.2) is 18.2 Å². The van der Waals surface area contributed by atoms with E-state index in [4.69, 9.17) is 15.2 Å². The monoisotopic (exact) mass is 370 g/mol. The molecule has 1 aromatic rings. The highest BCUT2D eigenvalue weighted by Gasteiger charge is 2.27. The number of rotatable bonds is 5. The van der Waals surface area contributed by atoms with E-state index in [9.17, 15) is 4.79 Å². The summed E-state index contributed by atoms with van der Waals surface area (Å²) in [6, 6.07) is 5.15. The number of amides is 1. The minimum atomic E-state index is -0.564. The van der Waals surface area contributed by atoms with Crippen molar-refractivity contribution in [3.05, 3.63) is 23.8 Å². The van der Waals surface area contributed by atoms with Crippen LogP contribution in [0.3, 0.4) is 0 Å². The summed E-state index contributed by atoms with van der Waals surface area (Å²) in [4.78, 5) is 12.3. The van der Waals surface area contributed by atoms with Gasteiger partial charge in [-0.05, 0) is 42.7 Å². The maximum Gasteiger partial charge on any atom is 0.241 e. The number of halogens is 1. The van der Waals surface area contributed by atoms with E-state index in [0.717, 1.165) is 37.4 Å². The molecule has 1 aliphatic heterocycles. The Kier molecular flexibility index (Phi) is 8.19. The fraction of sp³-hybridized carbons (Fsp3) is 0.632. The molecule has 0 saturated carbocycles. The number of aryl methyl sites for hydroxylation is 1. The second-order valence-electron chi connectivity index (χ2n) is 7.68. The van der Waals surface area contributed by atoms with Crippen LogP contribution in [0.1, 0.15) is 39.2 Å². The van der Waals surface area contributed by atoms with E-state index in [1.807, 2.05) is 45.9 Å². The molecule has 3 N–H and O–H groups in total. The van der Waals surface area contributed by atoms with Gasteiger partial charge in [0.1, 0.15) is 5.75 Å². The summed E-state index contributed by atoms with van der Waals surface area (Å²) in [5, 5.41) is 2.89. The fourth-order valence-electron chi connectivity index (χ4n) is 2.57. The molecule has 0 unspecified atom stereocenters. The Bertz CT molecular complexity index is 566. The highest BCUT2D eigenvalue weighted by atomic mass is 35.5. The molecular weight excluding hydrogens is 340 g/mol. The lowest BCUT2D eigenvalue weighted by Crippen LogP contribution is -2.45. The van der Waals surface area contributed by atoms with Crippen LogP contribution < -0.4 is 15.8 Å². The van der Waals surface area contributed by atoms with Gasteiger partial charge in [0.25, 0.3) is 0 Å². The predicted molar refractivity (Wildman–Crippen MR) is 104 cm³/mol. The molecule has 0 bridgehead atoms. The Labute approximate surface area is 157 Å². The molecular formula is C19H31ClN2O3. The lowest BCUT2D eigenvalue weighted by molar-refractivity contribution is -0.119. The summed E-state index contributed by atoms with van der Waals surface area (Å²) in [6.45, 7) is 10.2. The molecule has 6 heteroatoms. The van der Waals surface area contributed by atoms with Crippen LogP contribution in [0.4, 0.5) is 5.69 Å². The Hall–Kier alpha value is -1.30. The van der Waals surface area contributed by atoms with Crippen molar-refractivity contribution in [3.8, 4) is 5.75 Å². The van der Waals surface area contributed by atoms with E-state index >= 15 is 0 Å². The van der Waals surface area contributed by atoms with Crippen LogP contribution in [0.5, 0.6) is 5.75 Å². The largest absolute Gasteiger partial charge is 0.493 e. The van der Waals surface area contributed by atoms with Gasteiger partial charge in [-0.1, -0.05) is 26.8 Å². The third-order valence-electron chi connectivity index (χ3n) is 4.49. The first-order valence-electron chi connectivity index (χ1n) is 8.65. The molecule has 1 aliphatic rings. The molecule has 1 heterocycles. The quantitative estimate of drug-likeness (QED) is 0.831. The molecule has 142 valence electrons. The van der Waals surface area contributed by atoms with Gasteiger partial charge in [0.15, 0.2) is 0 Å². The molecule has 1 amide bonds. The van der Waals surface area contributed by atoms with Gasteiger partial charge >= 0.3 is 0 Å². The number of carbonyl (C=O) groups is 1. The molecule has 0 radical (unpaired) electrons.